The highest BCUT2D eigenvalue weighted by Crippen LogP contribution is 2.33. The molecule has 0 unspecified atom stereocenters. The van der Waals surface area contributed by atoms with Crippen LogP contribution in [0, 0.1) is 12.7 Å². The van der Waals surface area contributed by atoms with Crippen LogP contribution in [-0.2, 0) is 0 Å². The van der Waals surface area contributed by atoms with Crippen molar-refractivity contribution in [3.8, 4) is 22.9 Å². The van der Waals surface area contributed by atoms with Gasteiger partial charge in [0.1, 0.15) is 23.1 Å². The van der Waals surface area contributed by atoms with Gasteiger partial charge in [0.15, 0.2) is 0 Å². The van der Waals surface area contributed by atoms with Crippen LogP contribution in [0.5, 0.6) is 11.5 Å². The number of aromatic carboxylic acids is 1. The second-order valence-corrected chi connectivity index (χ2v) is 6.69. The number of fused-ring (bicyclic) bond motifs is 1. The number of H-pyrrole nitrogens is 1. The highest BCUT2D eigenvalue weighted by atomic mass is 35.5. The zero-order chi connectivity index (χ0) is 19.8. The Morgan fingerprint density at radius 1 is 1.14 bits per heavy atom. The molecule has 0 spiro atoms. The third kappa shape index (κ3) is 3.42. The van der Waals surface area contributed by atoms with E-state index < -0.39 is 5.97 Å². The van der Waals surface area contributed by atoms with Crippen molar-refractivity contribution < 1.29 is 19.0 Å². The molecule has 3 aromatic carbocycles. The van der Waals surface area contributed by atoms with Crippen LogP contribution < -0.4 is 4.74 Å². The maximum atomic E-state index is 13.4. The summed E-state index contributed by atoms with van der Waals surface area (Å²) in [7, 11) is 0. The Morgan fingerprint density at radius 3 is 2.68 bits per heavy atom. The lowest BCUT2D eigenvalue weighted by Crippen LogP contribution is -1.94. The third-order valence-electron chi connectivity index (χ3n) is 4.29. The third-order valence-corrected chi connectivity index (χ3v) is 4.59. The number of aromatic amines is 1. The maximum Gasteiger partial charge on any atom is 0.335 e. The number of aryl methyl sites for hydroxylation is 1. The van der Waals surface area contributed by atoms with Crippen molar-refractivity contribution in [3.05, 3.63) is 76.6 Å². The van der Waals surface area contributed by atoms with E-state index in [4.69, 9.17) is 21.4 Å². The zero-order valence-electron chi connectivity index (χ0n) is 14.7. The van der Waals surface area contributed by atoms with Gasteiger partial charge >= 0.3 is 5.97 Å². The Bertz CT molecular complexity index is 1220. The lowest BCUT2D eigenvalue weighted by atomic mass is 10.2. The van der Waals surface area contributed by atoms with Crippen LogP contribution in [0.25, 0.3) is 22.4 Å². The van der Waals surface area contributed by atoms with Gasteiger partial charge in [-0.1, -0.05) is 11.6 Å². The number of carboxylic acids is 1. The van der Waals surface area contributed by atoms with E-state index in [1.54, 1.807) is 37.3 Å². The van der Waals surface area contributed by atoms with Gasteiger partial charge in [0.2, 0.25) is 0 Å². The summed E-state index contributed by atoms with van der Waals surface area (Å²) in [6.07, 6.45) is 0. The second-order valence-electron chi connectivity index (χ2n) is 6.28. The van der Waals surface area contributed by atoms with E-state index in [0.29, 0.717) is 33.4 Å². The number of benzene rings is 3. The Balaban J connectivity index is 1.64. The minimum absolute atomic E-state index is 0.168. The number of ether oxygens (including phenoxy) is 1. The SMILES string of the molecule is Cc1cc(Oc2ccc(-c3nc4cc(C(=O)O)ccc4[nH]3)cc2Cl)ccc1F. The van der Waals surface area contributed by atoms with Gasteiger partial charge in [0, 0.05) is 5.56 Å². The highest BCUT2D eigenvalue weighted by molar-refractivity contribution is 6.32. The summed E-state index contributed by atoms with van der Waals surface area (Å²) in [5.74, 6) is 0.166. The molecule has 0 aliphatic heterocycles. The Labute approximate surface area is 164 Å². The molecule has 0 amide bonds. The molecule has 0 atom stereocenters. The molecule has 0 saturated carbocycles. The van der Waals surface area contributed by atoms with Gasteiger partial charge in [0.25, 0.3) is 0 Å². The molecule has 7 heteroatoms. The fraction of sp³-hybridized carbons (Fsp3) is 0.0476. The van der Waals surface area contributed by atoms with Crippen LogP contribution in [0.3, 0.4) is 0 Å². The van der Waals surface area contributed by atoms with E-state index in [9.17, 15) is 9.18 Å². The molecular weight excluding hydrogens is 383 g/mol. The Hall–Kier alpha value is -3.38. The van der Waals surface area contributed by atoms with Crippen molar-refractivity contribution in [2.24, 2.45) is 0 Å². The van der Waals surface area contributed by atoms with Crippen molar-refractivity contribution in [1.82, 2.24) is 9.97 Å². The summed E-state index contributed by atoms with van der Waals surface area (Å²) in [6.45, 7) is 1.66. The molecule has 1 heterocycles. The van der Waals surface area contributed by atoms with Crippen molar-refractivity contribution in [1.29, 1.82) is 0 Å². The van der Waals surface area contributed by atoms with Crippen LogP contribution in [-0.4, -0.2) is 21.0 Å². The lowest BCUT2D eigenvalue weighted by Gasteiger charge is -2.09. The summed E-state index contributed by atoms with van der Waals surface area (Å²) in [5, 5.41) is 9.47. The first-order valence-electron chi connectivity index (χ1n) is 8.38. The first-order chi connectivity index (χ1) is 13.4. The number of imidazole rings is 1. The molecule has 0 aliphatic rings. The standard InChI is InChI=1S/C21H14ClFN2O3/c1-11-8-14(4-5-16(11)23)28-19-7-3-12(9-15(19)22)20-24-17-6-2-13(21(26)27)10-18(17)25-20/h2-10H,1H3,(H,24,25)(H,26,27). The van der Waals surface area contributed by atoms with Crippen molar-refractivity contribution in [2.45, 2.75) is 6.92 Å². The molecule has 0 aliphatic carbocycles. The quantitative estimate of drug-likeness (QED) is 0.455. The van der Waals surface area contributed by atoms with Crippen LogP contribution >= 0.6 is 11.6 Å². The van der Waals surface area contributed by atoms with Gasteiger partial charge in [-0.05, 0) is 67.1 Å². The number of rotatable bonds is 4. The molecular formula is C21H14ClFN2O3. The van der Waals surface area contributed by atoms with Crippen LogP contribution in [0.15, 0.2) is 54.6 Å². The Morgan fingerprint density at radius 2 is 1.96 bits per heavy atom. The van der Waals surface area contributed by atoms with Gasteiger partial charge in [-0.3, -0.25) is 0 Å². The largest absolute Gasteiger partial charge is 0.478 e. The van der Waals surface area contributed by atoms with E-state index >= 15 is 0 Å². The number of halogens is 2. The molecule has 0 bridgehead atoms. The molecule has 2 N–H and O–H groups in total. The molecule has 4 aromatic rings. The smallest absolute Gasteiger partial charge is 0.335 e. The molecule has 0 fully saturated rings. The predicted molar refractivity (Wildman–Crippen MR) is 105 cm³/mol. The number of nitrogens with one attached hydrogen (secondary N) is 1. The number of hydrogen-bond acceptors (Lipinski definition) is 3. The van der Waals surface area contributed by atoms with E-state index in [1.807, 2.05) is 0 Å². The van der Waals surface area contributed by atoms with E-state index in [2.05, 4.69) is 9.97 Å². The van der Waals surface area contributed by atoms with Gasteiger partial charge < -0.3 is 14.8 Å². The minimum atomic E-state index is -1.01. The number of carbonyl (C=O) groups is 1. The number of nitrogens with zero attached hydrogens (tertiary/aromatic N) is 1. The molecule has 0 saturated heterocycles. The summed E-state index contributed by atoms with van der Waals surface area (Å²) >= 11 is 6.35. The zero-order valence-corrected chi connectivity index (χ0v) is 15.4. The van der Waals surface area contributed by atoms with Gasteiger partial charge in [-0.2, -0.15) is 0 Å². The summed E-state index contributed by atoms with van der Waals surface area (Å²) in [6, 6.07) is 14.3. The molecule has 0 radical (unpaired) electrons. The average molecular weight is 397 g/mol. The summed E-state index contributed by atoms with van der Waals surface area (Å²) in [4.78, 5) is 18.7. The average Bonchev–Trinajstić information content (AvgIpc) is 3.09. The molecule has 4 rings (SSSR count). The first-order valence-corrected chi connectivity index (χ1v) is 8.75. The number of hydrogen-bond donors (Lipinski definition) is 2. The van der Waals surface area contributed by atoms with Crippen molar-refractivity contribution in [3.63, 3.8) is 0 Å². The van der Waals surface area contributed by atoms with E-state index in [-0.39, 0.29) is 11.4 Å². The number of aromatic nitrogens is 2. The highest BCUT2D eigenvalue weighted by Gasteiger charge is 2.12. The first kappa shape index (κ1) is 18.0. The maximum absolute atomic E-state index is 13.4. The lowest BCUT2D eigenvalue weighted by molar-refractivity contribution is 0.0697. The molecule has 1 aromatic heterocycles. The monoisotopic (exact) mass is 396 g/mol. The molecule has 28 heavy (non-hydrogen) atoms. The van der Waals surface area contributed by atoms with Crippen LogP contribution in [0.4, 0.5) is 4.39 Å². The van der Waals surface area contributed by atoms with Gasteiger partial charge in [-0.25, -0.2) is 14.2 Å². The van der Waals surface area contributed by atoms with E-state index in [0.717, 1.165) is 11.1 Å². The number of carboxylic acid groups (broad SMARTS) is 1. The fourth-order valence-electron chi connectivity index (χ4n) is 2.81. The second kappa shape index (κ2) is 6.98. The fourth-order valence-corrected chi connectivity index (χ4v) is 3.03. The minimum Gasteiger partial charge on any atom is -0.478 e. The van der Waals surface area contributed by atoms with Crippen LogP contribution in [0.1, 0.15) is 15.9 Å². The van der Waals surface area contributed by atoms with Crippen molar-refractivity contribution >= 4 is 28.6 Å². The summed E-state index contributed by atoms with van der Waals surface area (Å²) in [5.41, 5.74) is 2.64. The van der Waals surface area contributed by atoms with Gasteiger partial charge in [-0.15, -0.1) is 0 Å². The van der Waals surface area contributed by atoms with E-state index in [1.165, 1.54) is 24.3 Å². The Kier molecular flexibility index (Phi) is 4.49. The normalized spacial score (nSPS) is 11.0. The van der Waals surface area contributed by atoms with Gasteiger partial charge in [0.05, 0.1) is 21.6 Å². The molecule has 5 nitrogen and oxygen atoms in total. The topological polar surface area (TPSA) is 75.2 Å². The predicted octanol–water partition coefficient (Wildman–Crippen LogP) is 5.82. The van der Waals surface area contributed by atoms with Crippen molar-refractivity contribution in [2.75, 3.05) is 0 Å². The molecule has 140 valence electrons. The summed E-state index contributed by atoms with van der Waals surface area (Å²) < 4.78 is 19.1. The van der Waals surface area contributed by atoms with Crippen LogP contribution in [0.2, 0.25) is 5.02 Å².